The van der Waals surface area contributed by atoms with Crippen molar-refractivity contribution in [3.63, 3.8) is 0 Å². The molecular formula is C24H42N4O2. The van der Waals surface area contributed by atoms with Gasteiger partial charge in [-0.1, -0.05) is 13.8 Å². The molecule has 30 heavy (non-hydrogen) atoms. The zero-order valence-corrected chi connectivity index (χ0v) is 19.1. The molecule has 0 aromatic rings. The highest BCUT2D eigenvalue weighted by Gasteiger charge is 2.66. The number of hydrazone groups is 1. The molecule has 4 rings (SSSR count). The Morgan fingerprint density at radius 3 is 2.63 bits per heavy atom. The van der Waals surface area contributed by atoms with Crippen LogP contribution in [0.25, 0.3) is 0 Å². The summed E-state index contributed by atoms with van der Waals surface area (Å²) in [4.78, 5) is 0. The first-order valence-corrected chi connectivity index (χ1v) is 12.1. The van der Waals surface area contributed by atoms with Gasteiger partial charge in [0.2, 0.25) is 5.96 Å². The van der Waals surface area contributed by atoms with Crippen LogP contribution >= 0.6 is 0 Å². The maximum Gasteiger partial charge on any atom is 0.208 e. The summed E-state index contributed by atoms with van der Waals surface area (Å²) in [7, 11) is 1.69. The molecule has 170 valence electrons. The molecule has 0 aromatic heterocycles. The van der Waals surface area contributed by atoms with Crippen molar-refractivity contribution >= 4 is 12.2 Å². The third-order valence-electron chi connectivity index (χ3n) is 10.3. The van der Waals surface area contributed by atoms with Gasteiger partial charge in [-0.3, -0.25) is 5.41 Å². The summed E-state index contributed by atoms with van der Waals surface area (Å²) in [5, 5.41) is 35.4. The van der Waals surface area contributed by atoms with Crippen LogP contribution in [0.1, 0.15) is 84.5 Å². The van der Waals surface area contributed by atoms with Gasteiger partial charge in [0.15, 0.2) is 0 Å². The second-order valence-corrected chi connectivity index (χ2v) is 11.3. The summed E-state index contributed by atoms with van der Waals surface area (Å²) >= 11 is 0. The topological polar surface area (TPSA) is 106 Å². The van der Waals surface area contributed by atoms with Crippen LogP contribution < -0.4 is 5.73 Å². The first-order valence-electron chi connectivity index (χ1n) is 12.1. The second kappa shape index (κ2) is 7.77. The summed E-state index contributed by atoms with van der Waals surface area (Å²) in [6, 6.07) is 0. The summed E-state index contributed by atoms with van der Waals surface area (Å²) in [6.07, 6.45) is 13.3. The summed E-state index contributed by atoms with van der Waals surface area (Å²) in [5.74, 6) is 2.12. The Morgan fingerprint density at radius 2 is 1.90 bits per heavy atom. The van der Waals surface area contributed by atoms with Gasteiger partial charge in [0.05, 0.1) is 11.7 Å². The zero-order valence-electron chi connectivity index (χ0n) is 19.1. The molecule has 8 atom stereocenters. The maximum absolute atomic E-state index is 12.2. The van der Waals surface area contributed by atoms with E-state index in [1.54, 1.807) is 7.05 Å². The molecule has 0 aliphatic heterocycles. The molecule has 6 nitrogen and oxygen atoms in total. The highest BCUT2D eigenvalue weighted by molar-refractivity contribution is 5.75. The van der Waals surface area contributed by atoms with Crippen LogP contribution in [0.2, 0.25) is 0 Å². The quantitative estimate of drug-likeness (QED) is 0.317. The minimum absolute atomic E-state index is 0.00807. The number of aliphatic hydroxyl groups excluding tert-OH is 1. The van der Waals surface area contributed by atoms with Crippen LogP contribution in [0.5, 0.6) is 0 Å². The van der Waals surface area contributed by atoms with Crippen LogP contribution in [-0.2, 0) is 0 Å². The van der Waals surface area contributed by atoms with E-state index >= 15 is 0 Å². The van der Waals surface area contributed by atoms with Gasteiger partial charge in [-0.2, -0.15) is 5.10 Å². The van der Waals surface area contributed by atoms with Gasteiger partial charge in [0.25, 0.3) is 0 Å². The Kier molecular flexibility index (Phi) is 5.72. The predicted octanol–water partition coefficient (Wildman–Crippen LogP) is 3.71. The molecule has 0 saturated heterocycles. The first-order chi connectivity index (χ1) is 14.1. The Hall–Kier alpha value is -1.14. The van der Waals surface area contributed by atoms with E-state index in [1.807, 2.05) is 6.21 Å². The standard InChI is InChI=1S/C24H42N4O2/c1-22-11-9-18(29)15-17(22)6-7-20-19(22)10-12-23(2)16(8-13-24(20,23)30)5-4-14-27-28(3)21(25)26/h14,16-20,29-30H,4-13,15H2,1-3H3,(H3,25,26)/b27-14+/t16?,17?,18?,19-,20-,22+,23-,24-/m1/s1. The van der Waals surface area contributed by atoms with E-state index in [1.165, 1.54) is 17.9 Å². The van der Waals surface area contributed by atoms with Crippen LogP contribution in [0.15, 0.2) is 5.10 Å². The minimum Gasteiger partial charge on any atom is -0.393 e. The SMILES string of the molecule is CN(/N=C/CCC1CC[C@@]2(O)[C@@H]3CCC4CC(O)CC[C@]4(C)[C@@H]3CC[C@]12C)C(=N)N. The van der Waals surface area contributed by atoms with Crippen molar-refractivity contribution in [2.24, 2.45) is 45.3 Å². The molecule has 4 aliphatic rings. The fourth-order valence-electron chi connectivity index (χ4n) is 8.29. The number of hydrogen-bond acceptors (Lipinski definition) is 4. The molecule has 0 spiro atoms. The van der Waals surface area contributed by atoms with Crippen molar-refractivity contribution in [2.75, 3.05) is 7.05 Å². The van der Waals surface area contributed by atoms with Crippen molar-refractivity contribution < 1.29 is 10.2 Å². The third-order valence-corrected chi connectivity index (χ3v) is 10.3. The van der Waals surface area contributed by atoms with E-state index < -0.39 is 5.60 Å². The van der Waals surface area contributed by atoms with Crippen LogP contribution in [0, 0.1) is 39.9 Å². The summed E-state index contributed by atoms with van der Waals surface area (Å²) < 4.78 is 0. The number of fused-ring (bicyclic) bond motifs is 5. The molecule has 0 heterocycles. The first kappa shape index (κ1) is 22.1. The van der Waals surface area contributed by atoms with Crippen molar-refractivity contribution in [1.29, 1.82) is 5.41 Å². The normalized spacial score (nSPS) is 48.1. The van der Waals surface area contributed by atoms with Crippen molar-refractivity contribution in [3.05, 3.63) is 0 Å². The van der Waals surface area contributed by atoms with Crippen LogP contribution in [0.4, 0.5) is 0 Å². The Labute approximate surface area is 181 Å². The Morgan fingerprint density at radius 1 is 1.13 bits per heavy atom. The molecule has 0 bridgehead atoms. The molecule has 4 fully saturated rings. The van der Waals surface area contributed by atoms with Crippen molar-refractivity contribution in [1.82, 2.24) is 5.01 Å². The summed E-state index contributed by atoms with van der Waals surface area (Å²) in [5.41, 5.74) is 5.18. The fraction of sp³-hybridized carbons (Fsp3) is 0.917. The Bertz CT molecular complexity index is 699. The smallest absolute Gasteiger partial charge is 0.208 e. The van der Waals surface area contributed by atoms with Gasteiger partial charge in [-0.25, -0.2) is 5.01 Å². The number of nitrogens with zero attached hydrogens (tertiary/aromatic N) is 2. The molecule has 4 aliphatic carbocycles. The fourth-order valence-corrected chi connectivity index (χ4v) is 8.29. The lowest BCUT2D eigenvalue weighted by atomic mass is 9.43. The molecular weight excluding hydrogens is 376 g/mol. The highest BCUT2D eigenvalue weighted by Crippen LogP contribution is 2.69. The van der Waals surface area contributed by atoms with E-state index in [0.29, 0.717) is 29.1 Å². The van der Waals surface area contributed by atoms with Gasteiger partial charge in [-0.15, -0.1) is 0 Å². The number of rotatable bonds is 4. The molecule has 0 radical (unpaired) electrons. The predicted molar refractivity (Wildman–Crippen MR) is 120 cm³/mol. The van der Waals surface area contributed by atoms with Gasteiger partial charge in [0, 0.05) is 13.3 Å². The van der Waals surface area contributed by atoms with E-state index in [2.05, 4.69) is 18.9 Å². The average Bonchev–Trinajstić information content (AvgIpc) is 2.96. The molecule has 6 heteroatoms. The molecule has 0 amide bonds. The minimum atomic E-state index is -0.544. The monoisotopic (exact) mass is 418 g/mol. The Balaban J connectivity index is 1.47. The number of hydrogen-bond donors (Lipinski definition) is 4. The van der Waals surface area contributed by atoms with Gasteiger partial charge in [-0.05, 0) is 105 Å². The maximum atomic E-state index is 12.2. The molecule has 4 saturated carbocycles. The largest absolute Gasteiger partial charge is 0.393 e. The zero-order chi connectivity index (χ0) is 21.7. The van der Waals surface area contributed by atoms with E-state index in [-0.39, 0.29) is 17.5 Å². The highest BCUT2D eigenvalue weighted by atomic mass is 16.3. The lowest BCUT2D eigenvalue weighted by Gasteiger charge is -2.63. The lowest BCUT2D eigenvalue weighted by molar-refractivity contribution is -0.210. The van der Waals surface area contributed by atoms with Gasteiger partial charge in [0.1, 0.15) is 0 Å². The number of nitrogens with two attached hydrogens (primary N) is 1. The number of aliphatic hydroxyl groups is 2. The van der Waals surface area contributed by atoms with E-state index in [0.717, 1.165) is 57.8 Å². The second-order valence-electron chi connectivity index (χ2n) is 11.3. The van der Waals surface area contributed by atoms with Crippen LogP contribution in [-0.4, -0.2) is 46.1 Å². The van der Waals surface area contributed by atoms with E-state index in [9.17, 15) is 10.2 Å². The van der Waals surface area contributed by atoms with Crippen LogP contribution in [0.3, 0.4) is 0 Å². The molecule has 0 aromatic carbocycles. The summed E-state index contributed by atoms with van der Waals surface area (Å²) in [6.45, 7) is 4.83. The van der Waals surface area contributed by atoms with Gasteiger partial charge < -0.3 is 15.9 Å². The van der Waals surface area contributed by atoms with Gasteiger partial charge >= 0.3 is 0 Å². The van der Waals surface area contributed by atoms with Crippen molar-refractivity contribution in [2.45, 2.75) is 96.2 Å². The number of nitrogens with one attached hydrogen (secondary N) is 1. The third kappa shape index (κ3) is 3.29. The lowest BCUT2D eigenvalue weighted by Crippen LogP contribution is -2.62. The average molecular weight is 419 g/mol. The molecule has 3 unspecified atom stereocenters. The molecule has 5 N–H and O–H groups in total. The number of guanidine groups is 1. The van der Waals surface area contributed by atoms with Crippen molar-refractivity contribution in [3.8, 4) is 0 Å². The van der Waals surface area contributed by atoms with E-state index in [4.69, 9.17) is 11.1 Å².